The number of hydrogen-bond acceptors (Lipinski definition) is 9. The van der Waals surface area contributed by atoms with Gasteiger partial charge in [-0.15, -0.1) is 0 Å². The van der Waals surface area contributed by atoms with E-state index in [4.69, 9.17) is 14.6 Å². The molecular weight excluding hydrogens is 538 g/mol. The van der Waals surface area contributed by atoms with E-state index in [1.54, 1.807) is 24.3 Å². The summed E-state index contributed by atoms with van der Waals surface area (Å²) < 4.78 is 12.1. The van der Waals surface area contributed by atoms with Crippen molar-refractivity contribution in [3.63, 3.8) is 0 Å². The molecule has 3 aromatic rings. The van der Waals surface area contributed by atoms with Crippen LogP contribution in [0.4, 0.5) is 11.4 Å². The quantitative estimate of drug-likeness (QED) is 0.0724. The molecule has 2 heterocycles. The number of nitro groups is 1. The fourth-order valence-corrected chi connectivity index (χ4v) is 5.52. The van der Waals surface area contributed by atoms with E-state index < -0.39 is 34.2 Å². The van der Waals surface area contributed by atoms with Crippen LogP contribution in [0, 0.1) is 10.1 Å². The number of aromatic amines is 1. The van der Waals surface area contributed by atoms with Crippen molar-refractivity contribution in [1.82, 2.24) is 10.1 Å². The first-order valence-corrected chi connectivity index (χ1v) is 13.8. The van der Waals surface area contributed by atoms with Crippen molar-refractivity contribution in [2.45, 2.75) is 57.8 Å². The molecule has 4 rings (SSSR count). The number of aromatic nitrogens is 3. The summed E-state index contributed by atoms with van der Waals surface area (Å²) in [5.41, 5.74) is 0.0598. The molecule has 0 saturated heterocycles. The fraction of sp³-hybridized carbons (Fsp3) is 0.370. The van der Waals surface area contributed by atoms with E-state index in [1.807, 2.05) is 0 Å². The fourth-order valence-electron chi connectivity index (χ4n) is 4.67. The number of carbonyl (C=O) groups excluding carboxylic acids is 2. The third kappa shape index (κ3) is 5.69. The number of H-pyrrole nitrogens is 1. The summed E-state index contributed by atoms with van der Waals surface area (Å²) in [7, 11) is 1.34. The number of carbonyl (C=O) groups is 2. The van der Waals surface area contributed by atoms with Crippen molar-refractivity contribution in [2.75, 3.05) is 17.8 Å². The molecule has 210 valence electrons. The molecule has 13 heteroatoms. The number of para-hydroxylation sites is 1. The van der Waals surface area contributed by atoms with Gasteiger partial charge in [0.2, 0.25) is 16.8 Å². The average molecular weight is 569 g/mol. The number of methoxy groups -OCH3 is 1. The highest BCUT2D eigenvalue weighted by molar-refractivity contribution is 7.99. The van der Waals surface area contributed by atoms with Crippen molar-refractivity contribution in [1.29, 1.82) is 0 Å². The Hall–Kier alpha value is -4.26. The molecule has 0 radical (unpaired) electrons. The number of fused-ring (bicyclic) bond motifs is 3. The minimum absolute atomic E-state index is 0.0502. The number of ether oxygens (including phenoxy) is 2. The van der Waals surface area contributed by atoms with Crippen LogP contribution >= 0.6 is 11.8 Å². The lowest BCUT2D eigenvalue weighted by Gasteiger charge is -2.31. The van der Waals surface area contributed by atoms with Crippen LogP contribution in [0.2, 0.25) is 0 Å². The molecule has 1 atom stereocenters. The summed E-state index contributed by atoms with van der Waals surface area (Å²) in [5.74, 6) is -0.789. The first-order chi connectivity index (χ1) is 19.2. The van der Waals surface area contributed by atoms with Crippen LogP contribution in [0.15, 0.2) is 46.3 Å². The van der Waals surface area contributed by atoms with Gasteiger partial charge in [-0.2, -0.15) is 0 Å². The number of thioether (sulfide) groups is 1. The van der Waals surface area contributed by atoms with E-state index in [-0.39, 0.29) is 22.8 Å². The zero-order chi connectivity index (χ0) is 29.0. The number of amides is 1. The van der Waals surface area contributed by atoms with Crippen LogP contribution in [0.25, 0.3) is 11.3 Å². The minimum Gasteiger partial charge on any atom is -0.496 e. The lowest BCUT2D eigenvalue weighted by atomic mass is 10.00. The van der Waals surface area contributed by atoms with Crippen LogP contribution in [0.3, 0.4) is 0 Å². The van der Waals surface area contributed by atoms with E-state index >= 15 is 0 Å². The summed E-state index contributed by atoms with van der Waals surface area (Å²) in [6, 6.07) is 9.39. The zero-order valence-electron chi connectivity index (χ0n) is 22.6. The van der Waals surface area contributed by atoms with E-state index in [0.29, 0.717) is 22.2 Å². The summed E-state index contributed by atoms with van der Waals surface area (Å²) in [6.45, 7) is 4.58. The maximum absolute atomic E-state index is 13.5. The molecule has 1 aliphatic heterocycles. The van der Waals surface area contributed by atoms with Crippen molar-refractivity contribution in [3.8, 4) is 22.8 Å². The van der Waals surface area contributed by atoms with Gasteiger partial charge in [0, 0.05) is 24.7 Å². The predicted molar refractivity (Wildman–Crippen MR) is 148 cm³/mol. The van der Waals surface area contributed by atoms with Crippen molar-refractivity contribution in [2.24, 2.45) is 0 Å². The van der Waals surface area contributed by atoms with E-state index in [9.17, 15) is 24.5 Å². The lowest BCUT2D eigenvalue weighted by Crippen LogP contribution is -2.60. The van der Waals surface area contributed by atoms with Gasteiger partial charge in [-0.05, 0) is 29.3 Å². The summed E-state index contributed by atoms with van der Waals surface area (Å²) in [4.78, 5) is 54.4. The van der Waals surface area contributed by atoms with Gasteiger partial charge in [0.1, 0.15) is 5.75 Å². The number of benzene rings is 2. The Morgan fingerprint density at radius 3 is 2.60 bits per heavy atom. The third-order valence-corrected chi connectivity index (χ3v) is 7.31. The molecule has 1 aromatic heterocycles. The lowest BCUT2D eigenvalue weighted by molar-refractivity contribution is -0.763. The second-order valence-electron chi connectivity index (χ2n) is 9.16. The maximum atomic E-state index is 13.5. The van der Waals surface area contributed by atoms with Gasteiger partial charge in [-0.1, -0.05) is 50.1 Å². The Kier molecular flexibility index (Phi) is 8.83. The molecule has 0 fully saturated rings. The Morgan fingerprint density at radius 2 is 1.95 bits per heavy atom. The summed E-state index contributed by atoms with van der Waals surface area (Å²) in [6.07, 6.45) is 2.94. The normalized spacial score (nSPS) is 13.8. The van der Waals surface area contributed by atoms with Crippen LogP contribution in [0.1, 0.15) is 58.2 Å². The van der Waals surface area contributed by atoms with Crippen LogP contribution in [0.5, 0.6) is 11.5 Å². The van der Waals surface area contributed by atoms with Crippen LogP contribution in [-0.4, -0.2) is 39.7 Å². The molecule has 2 aromatic carbocycles. The molecule has 1 unspecified atom stereocenters. The zero-order valence-corrected chi connectivity index (χ0v) is 23.4. The topological polar surface area (TPSA) is 149 Å². The van der Waals surface area contributed by atoms with E-state index in [2.05, 4.69) is 11.9 Å². The maximum Gasteiger partial charge on any atom is 0.325 e. The standard InChI is InChI=1S/C27H29N5O7S/c1-5-6-7-10-13-40-27-28-25(35)23-19-11-8-9-12-21(19)30(16(2)33)26(31(23)29-27)20-14-18(38-4)15-22(32(36)37)24(20)39-17(3)34/h8-9,11-12,14-15,26H,5-7,10,13H2,1-4H3/p+1. The van der Waals surface area contributed by atoms with Gasteiger partial charge in [-0.3, -0.25) is 29.5 Å². The molecule has 0 aliphatic carbocycles. The summed E-state index contributed by atoms with van der Waals surface area (Å²) >= 11 is 1.37. The predicted octanol–water partition coefficient (Wildman–Crippen LogP) is 4.15. The third-order valence-electron chi connectivity index (χ3n) is 6.36. The average Bonchev–Trinajstić information content (AvgIpc) is 2.91. The first kappa shape index (κ1) is 28.7. The number of nitrogens with one attached hydrogen (secondary N) is 1. The highest BCUT2D eigenvalue weighted by Crippen LogP contribution is 2.44. The SMILES string of the molecule is CCCCCCSc1n[n+]2c(c(=O)[nH]1)-c1ccccc1N(C(C)=O)C2c1cc(OC)cc([N+](=O)[O-])c1OC(C)=O. The molecule has 40 heavy (non-hydrogen) atoms. The number of nitro benzene ring substituents is 1. The van der Waals surface area contributed by atoms with Crippen LogP contribution < -0.4 is 24.6 Å². The van der Waals surface area contributed by atoms with Crippen molar-refractivity contribution >= 4 is 35.0 Å². The first-order valence-electron chi connectivity index (χ1n) is 12.8. The molecule has 1 aliphatic rings. The molecule has 0 saturated carbocycles. The largest absolute Gasteiger partial charge is 0.496 e. The van der Waals surface area contributed by atoms with Crippen molar-refractivity contribution in [3.05, 3.63) is 62.4 Å². The summed E-state index contributed by atoms with van der Waals surface area (Å²) in [5, 5.41) is 17.1. The van der Waals surface area contributed by atoms with Gasteiger partial charge in [0.05, 0.1) is 34.9 Å². The number of rotatable bonds is 10. The molecule has 12 nitrogen and oxygen atoms in total. The van der Waals surface area contributed by atoms with Crippen LogP contribution in [-0.2, 0) is 9.59 Å². The molecule has 0 spiro atoms. The monoisotopic (exact) mass is 568 g/mol. The Bertz CT molecular complexity index is 1520. The van der Waals surface area contributed by atoms with Gasteiger partial charge < -0.3 is 9.47 Å². The Balaban J connectivity index is 2.02. The number of esters is 1. The highest BCUT2D eigenvalue weighted by Gasteiger charge is 2.48. The minimum atomic E-state index is -1.22. The second kappa shape index (κ2) is 12.3. The Labute approximate surface area is 234 Å². The Morgan fingerprint density at radius 1 is 1.20 bits per heavy atom. The number of nitrogens with zero attached hydrogens (tertiary/aromatic N) is 4. The second-order valence-corrected chi connectivity index (χ2v) is 10.2. The number of hydrogen-bond donors (Lipinski definition) is 1. The van der Waals surface area contributed by atoms with E-state index in [1.165, 1.54) is 41.4 Å². The number of unbranched alkanes of at least 4 members (excludes halogenated alkanes) is 3. The molecule has 1 N–H and O–H groups in total. The van der Waals surface area contributed by atoms with Crippen molar-refractivity contribution < 1.29 is 28.7 Å². The molecular formula is C27H30N5O7S+. The highest BCUT2D eigenvalue weighted by atomic mass is 32.2. The smallest absolute Gasteiger partial charge is 0.325 e. The van der Waals surface area contributed by atoms with Gasteiger partial charge in [-0.25, -0.2) is 4.90 Å². The number of anilines is 1. The molecule has 1 amide bonds. The molecule has 0 bridgehead atoms. The van der Waals surface area contributed by atoms with E-state index in [0.717, 1.165) is 38.7 Å². The van der Waals surface area contributed by atoms with Gasteiger partial charge in [0.25, 0.3) is 6.17 Å². The van der Waals surface area contributed by atoms with Gasteiger partial charge in [0.15, 0.2) is 0 Å². The van der Waals surface area contributed by atoms with Gasteiger partial charge >= 0.3 is 22.9 Å².